The van der Waals surface area contributed by atoms with Crippen LogP contribution in [0.3, 0.4) is 0 Å². The number of carboxylic acid groups (broad SMARTS) is 1. The number of benzene rings is 1. The maximum atomic E-state index is 11.1. The van der Waals surface area contributed by atoms with E-state index in [4.69, 9.17) is 9.84 Å². The Morgan fingerprint density at radius 1 is 1.25 bits per heavy atom. The van der Waals surface area contributed by atoms with Crippen molar-refractivity contribution < 1.29 is 14.6 Å². The van der Waals surface area contributed by atoms with Crippen LogP contribution in [-0.4, -0.2) is 16.1 Å². The first kappa shape index (κ1) is 14.1. The van der Waals surface area contributed by atoms with E-state index >= 15 is 0 Å². The number of nitrogens with zero attached hydrogens (tertiary/aromatic N) is 1. The minimum absolute atomic E-state index is 0.0588. The minimum Gasteiger partial charge on any atom is -0.477 e. The van der Waals surface area contributed by atoms with Crippen LogP contribution < -0.4 is 4.74 Å². The predicted molar refractivity (Wildman–Crippen MR) is 76.5 cm³/mol. The highest BCUT2D eigenvalue weighted by Crippen LogP contribution is 2.27. The molecule has 2 rings (SSSR count). The lowest BCUT2D eigenvalue weighted by molar-refractivity contribution is 0.0693. The van der Waals surface area contributed by atoms with E-state index in [2.05, 4.69) is 18.8 Å². The molecule has 104 valence electrons. The van der Waals surface area contributed by atoms with Gasteiger partial charge in [0.15, 0.2) is 0 Å². The van der Waals surface area contributed by atoms with Gasteiger partial charge in [-0.1, -0.05) is 26.0 Å². The van der Waals surface area contributed by atoms with Crippen LogP contribution in [0.4, 0.5) is 0 Å². The van der Waals surface area contributed by atoms with Crippen molar-refractivity contribution in [3.8, 4) is 11.5 Å². The third-order valence-corrected chi connectivity index (χ3v) is 3.01. The number of ether oxygens (including phenoxy) is 1. The maximum Gasteiger partial charge on any atom is 0.341 e. The zero-order chi connectivity index (χ0) is 14.7. The van der Waals surface area contributed by atoms with E-state index in [1.165, 1.54) is 11.8 Å². The predicted octanol–water partition coefficient (Wildman–Crippen LogP) is 4.00. The average Bonchev–Trinajstić information content (AvgIpc) is 2.39. The smallest absolute Gasteiger partial charge is 0.341 e. The Hall–Kier alpha value is -2.36. The topological polar surface area (TPSA) is 59.4 Å². The molecule has 0 spiro atoms. The molecule has 20 heavy (non-hydrogen) atoms. The maximum absolute atomic E-state index is 11.1. The molecule has 0 aliphatic carbocycles. The Kier molecular flexibility index (Phi) is 4.03. The SMILES string of the molecule is Cc1cc(Oc2ccc(C(C)C)cc2)c(C(=O)O)cn1. The molecule has 1 aromatic heterocycles. The molecule has 0 bridgehead atoms. The summed E-state index contributed by atoms with van der Waals surface area (Å²) in [5.74, 6) is 0.317. The highest BCUT2D eigenvalue weighted by molar-refractivity contribution is 5.90. The van der Waals surface area contributed by atoms with Gasteiger partial charge in [0, 0.05) is 18.0 Å². The fourth-order valence-electron chi connectivity index (χ4n) is 1.83. The number of aryl methyl sites for hydroxylation is 1. The van der Waals surface area contributed by atoms with Gasteiger partial charge in [-0.2, -0.15) is 0 Å². The van der Waals surface area contributed by atoms with Gasteiger partial charge in [-0.3, -0.25) is 4.98 Å². The third-order valence-electron chi connectivity index (χ3n) is 3.01. The van der Waals surface area contributed by atoms with Crippen molar-refractivity contribution >= 4 is 5.97 Å². The monoisotopic (exact) mass is 271 g/mol. The van der Waals surface area contributed by atoms with Crippen molar-refractivity contribution in [2.24, 2.45) is 0 Å². The van der Waals surface area contributed by atoms with E-state index in [0.717, 1.165) is 0 Å². The molecule has 0 fully saturated rings. The lowest BCUT2D eigenvalue weighted by Gasteiger charge is -2.10. The zero-order valence-electron chi connectivity index (χ0n) is 11.8. The molecule has 1 N–H and O–H groups in total. The lowest BCUT2D eigenvalue weighted by atomic mass is 10.0. The number of carbonyl (C=O) groups is 1. The van der Waals surface area contributed by atoms with Crippen molar-refractivity contribution in [2.45, 2.75) is 26.7 Å². The van der Waals surface area contributed by atoms with E-state index < -0.39 is 5.97 Å². The summed E-state index contributed by atoms with van der Waals surface area (Å²) >= 11 is 0. The number of aromatic nitrogens is 1. The van der Waals surface area contributed by atoms with E-state index in [9.17, 15) is 4.79 Å². The van der Waals surface area contributed by atoms with Crippen molar-refractivity contribution in [1.29, 1.82) is 0 Å². The molecule has 0 aliphatic heterocycles. The summed E-state index contributed by atoms with van der Waals surface area (Å²) in [5, 5.41) is 9.13. The van der Waals surface area contributed by atoms with Gasteiger partial charge in [0.2, 0.25) is 0 Å². The van der Waals surface area contributed by atoms with E-state index in [0.29, 0.717) is 23.1 Å². The van der Waals surface area contributed by atoms with Gasteiger partial charge in [-0.25, -0.2) is 4.79 Å². The summed E-state index contributed by atoms with van der Waals surface area (Å²) in [6.45, 7) is 6.02. The van der Waals surface area contributed by atoms with E-state index in [1.54, 1.807) is 13.0 Å². The summed E-state index contributed by atoms with van der Waals surface area (Å²) < 4.78 is 5.67. The van der Waals surface area contributed by atoms with Crippen LogP contribution in [0.2, 0.25) is 0 Å². The van der Waals surface area contributed by atoms with Crippen molar-refractivity contribution in [1.82, 2.24) is 4.98 Å². The molecule has 0 amide bonds. The Bertz CT molecular complexity index is 618. The van der Waals surface area contributed by atoms with Crippen LogP contribution in [0.15, 0.2) is 36.5 Å². The van der Waals surface area contributed by atoms with Crippen molar-refractivity contribution in [2.75, 3.05) is 0 Å². The summed E-state index contributed by atoms with van der Waals surface area (Å²) in [6, 6.07) is 9.27. The summed E-state index contributed by atoms with van der Waals surface area (Å²) in [7, 11) is 0. The molecule has 4 nitrogen and oxygen atoms in total. The first-order valence-corrected chi connectivity index (χ1v) is 6.45. The number of carboxylic acids is 1. The number of aromatic carboxylic acids is 1. The van der Waals surface area contributed by atoms with Crippen LogP contribution in [0.1, 0.15) is 41.4 Å². The minimum atomic E-state index is -1.05. The summed E-state index contributed by atoms with van der Waals surface area (Å²) in [4.78, 5) is 15.1. The molecule has 0 aliphatic rings. The van der Waals surface area contributed by atoms with E-state index in [-0.39, 0.29) is 5.56 Å². The lowest BCUT2D eigenvalue weighted by Crippen LogP contribution is -2.02. The molecule has 2 aromatic rings. The fraction of sp³-hybridized carbons (Fsp3) is 0.250. The van der Waals surface area contributed by atoms with Gasteiger partial charge >= 0.3 is 5.97 Å². The molecular formula is C16H17NO3. The molecule has 0 saturated heterocycles. The van der Waals surface area contributed by atoms with Crippen LogP contribution >= 0.6 is 0 Å². The second kappa shape index (κ2) is 5.74. The third kappa shape index (κ3) is 3.15. The zero-order valence-corrected chi connectivity index (χ0v) is 11.8. The normalized spacial score (nSPS) is 10.6. The van der Waals surface area contributed by atoms with Crippen LogP contribution in [0.5, 0.6) is 11.5 Å². The van der Waals surface area contributed by atoms with Gasteiger partial charge < -0.3 is 9.84 Å². The van der Waals surface area contributed by atoms with Crippen molar-refractivity contribution in [3.05, 3.63) is 53.3 Å². The molecule has 0 saturated carbocycles. The van der Waals surface area contributed by atoms with Crippen LogP contribution in [0, 0.1) is 6.92 Å². The molecule has 1 aromatic carbocycles. The molecular weight excluding hydrogens is 254 g/mol. The summed E-state index contributed by atoms with van der Waals surface area (Å²) in [6.07, 6.45) is 1.31. The van der Waals surface area contributed by atoms with Crippen molar-refractivity contribution in [3.63, 3.8) is 0 Å². The second-order valence-electron chi connectivity index (χ2n) is 4.95. The Morgan fingerprint density at radius 2 is 1.90 bits per heavy atom. The average molecular weight is 271 g/mol. The molecule has 0 radical (unpaired) electrons. The first-order chi connectivity index (χ1) is 9.47. The van der Waals surface area contributed by atoms with Gasteiger partial charge in [-0.05, 0) is 30.5 Å². The second-order valence-corrected chi connectivity index (χ2v) is 4.95. The van der Waals surface area contributed by atoms with Crippen LogP contribution in [0.25, 0.3) is 0 Å². The molecule has 0 unspecified atom stereocenters. The quantitative estimate of drug-likeness (QED) is 0.912. The van der Waals surface area contributed by atoms with Gasteiger partial charge in [-0.15, -0.1) is 0 Å². The number of hydrogen-bond acceptors (Lipinski definition) is 3. The number of pyridine rings is 1. The standard InChI is InChI=1S/C16H17NO3/c1-10(2)12-4-6-13(7-5-12)20-15-8-11(3)17-9-14(15)16(18)19/h4-10H,1-3H3,(H,18,19). The van der Waals surface area contributed by atoms with Crippen LogP contribution in [-0.2, 0) is 0 Å². The largest absolute Gasteiger partial charge is 0.477 e. The Labute approximate surface area is 118 Å². The fourth-order valence-corrected chi connectivity index (χ4v) is 1.83. The highest BCUT2D eigenvalue weighted by Gasteiger charge is 2.13. The van der Waals surface area contributed by atoms with Gasteiger partial charge in [0.1, 0.15) is 17.1 Å². The van der Waals surface area contributed by atoms with Gasteiger partial charge in [0.05, 0.1) is 0 Å². The first-order valence-electron chi connectivity index (χ1n) is 6.45. The highest BCUT2D eigenvalue weighted by atomic mass is 16.5. The molecule has 1 heterocycles. The van der Waals surface area contributed by atoms with Gasteiger partial charge in [0.25, 0.3) is 0 Å². The Morgan fingerprint density at radius 3 is 2.45 bits per heavy atom. The Balaban J connectivity index is 2.29. The van der Waals surface area contributed by atoms with E-state index in [1.807, 2.05) is 24.3 Å². The summed E-state index contributed by atoms with van der Waals surface area (Å²) in [5.41, 5.74) is 1.98. The number of rotatable bonds is 4. The number of hydrogen-bond donors (Lipinski definition) is 1. The molecule has 4 heteroatoms. The molecule has 0 atom stereocenters.